The third kappa shape index (κ3) is 5.79. The Morgan fingerprint density at radius 3 is 2.23 bits per heavy atom. The zero-order valence-electron chi connectivity index (χ0n) is 18.1. The van der Waals surface area contributed by atoms with E-state index in [2.05, 4.69) is 10.2 Å². The van der Waals surface area contributed by atoms with Crippen LogP contribution in [0, 0.1) is 5.41 Å². The van der Waals surface area contributed by atoms with Gasteiger partial charge in [0, 0.05) is 55.9 Å². The molecule has 0 spiro atoms. The van der Waals surface area contributed by atoms with E-state index in [4.69, 9.17) is 4.74 Å². The Morgan fingerprint density at radius 1 is 0.967 bits per heavy atom. The Bertz CT molecular complexity index is 776. The van der Waals surface area contributed by atoms with Crippen LogP contribution in [0.25, 0.3) is 0 Å². The van der Waals surface area contributed by atoms with Crippen LogP contribution < -0.4 is 5.32 Å². The van der Waals surface area contributed by atoms with Gasteiger partial charge in [0.25, 0.3) is 5.91 Å². The molecule has 0 bridgehead atoms. The molecule has 1 aromatic rings. The summed E-state index contributed by atoms with van der Waals surface area (Å²) < 4.78 is 5.32. The van der Waals surface area contributed by atoms with Crippen molar-refractivity contribution < 1.29 is 19.1 Å². The van der Waals surface area contributed by atoms with Crippen LogP contribution in [0.4, 0.5) is 5.69 Å². The van der Waals surface area contributed by atoms with Crippen LogP contribution in [0.3, 0.4) is 0 Å². The molecule has 0 aliphatic carbocycles. The smallest absolute Gasteiger partial charge is 0.254 e. The zero-order chi connectivity index (χ0) is 21.7. The van der Waals surface area contributed by atoms with Gasteiger partial charge in [0.2, 0.25) is 11.8 Å². The number of morpholine rings is 1. The predicted octanol–water partition coefficient (Wildman–Crippen LogP) is 1.29. The standard InChI is InChI=1S/C22H32N4O4/c1-22(2,3)21(29)23-18-6-4-5-17(15-18)20(28)26-9-7-25(8-10-26)19(27)16-24-11-13-30-14-12-24/h4-6,15H,7-14,16H2,1-3H3,(H,23,29). The Balaban J connectivity index is 1.53. The number of hydrogen-bond donors (Lipinski definition) is 1. The summed E-state index contributed by atoms with van der Waals surface area (Å²) in [5.74, 6) is -0.0717. The van der Waals surface area contributed by atoms with E-state index < -0.39 is 5.41 Å². The number of rotatable bonds is 4. The highest BCUT2D eigenvalue weighted by atomic mass is 16.5. The number of carbonyl (C=O) groups is 3. The molecule has 1 aromatic carbocycles. The number of ether oxygens (including phenoxy) is 1. The molecular weight excluding hydrogens is 384 g/mol. The first-order chi connectivity index (χ1) is 14.2. The minimum Gasteiger partial charge on any atom is -0.379 e. The number of carbonyl (C=O) groups excluding carboxylic acids is 3. The van der Waals surface area contributed by atoms with E-state index >= 15 is 0 Å². The van der Waals surface area contributed by atoms with Gasteiger partial charge in [-0.25, -0.2) is 0 Å². The number of piperazine rings is 1. The molecule has 0 unspecified atom stereocenters. The highest BCUT2D eigenvalue weighted by Crippen LogP contribution is 2.19. The normalized spacial score (nSPS) is 18.2. The van der Waals surface area contributed by atoms with Gasteiger partial charge < -0.3 is 19.9 Å². The molecule has 3 rings (SSSR count). The number of amides is 3. The molecule has 8 nitrogen and oxygen atoms in total. The average Bonchev–Trinajstić information content (AvgIpc) is 2.73. The number of benzene rings is 1. The fourth-order valence-corrected chi connectivity index (χ4v) is 3.44. The van der Waals surface area contributed by atoms with Crippen LogP contribution in [0.1, 0.15) is 31.1 Å². The largest absolute Gasteiger partial charge is 0.379 e. The predicted molar refractivity (Wildman–Crippen MR) is 114 cm³/mol. The van der Waals surface area contributed by atoms with Crippen molar-refractivity contribution in [3.05, 3.63) is 29.8 Å². The average molecular weight is 417 g/mol. The van der Waals surface area contributed by atoms with Crippen molar-refractivity contribution in [3.8, 4) is 0 Å². The molecule has 0 atom stereocenters. The molecule has 8 heteroatoms. The number of nitrogens with one attached hydrogen (secondary N) is 1. The van der Waals surface area contributed by atoms with Gasteiger partial charge >= 0.3 is 0 Å². The third-order valence-corrected chi connectivity index (χ3v) is 5.43. The summed E-state index contributed by atoms with van der Waals surface area (Å²) in [4.78, 5) is 43.4. The lowest BCUT2D eigenvalue weighted by Gasteiger charge is -2.36. The summed E-state index contributed by atoms with van der Waals surface area (Å²) in [6.07, 6.45) is 0. The van der Waals surface area contributed by atoms with Crippen LogP contribution in [0.2, 0.25) is 0 Å². The number of anilines is 1. The Hall–Kier alpha value is -2.45. The van der Waals surface area contributed by atoms with E-state index in [1.165, 1.54) is 0 Å². The topological polar surface area (TPSA) is 82.2 Å². The van der Waals surface area contributed by atoms with E-state index in [0.717, 1.165) is 13.1 Å². The van der Waals surface area contributed by atoms with E-state index in [9.17, 15) is 14.4 Å². The van der Waals surface area contributed by atoms with Gasteiger partial charge in [0.05, 0.1) is 19.8 Å². The molecule has 0 aromatic heterocycles. The van der Waals surface area contributed by atoms with E-state index in [-0.39, 0.29) is 17.7 Å². The minimum absolute atomic E-state index is 0.0814. The first-order valence-corrected chi connectivity index (χ1v) is 10.5. The second kappa shape index (κ2) is 9.57. The van der Waals surface area contributed by atoms with Gasteiger partial charge in [-0.1, -0.05) is 26.8 Å². The van der Waals surface area contributed by atoms with Gasteiger partial charge in [-0.05, 0) is 18.2 Å². The SMILES string of the molecule is CC(C)(C)C(=O)Nc1cccc(C(=O)N2CCN(C(=O)CN3CCOCC3)CC2)c1. The van der Waals surface area contributed by atoms with Gasteiger partial charge in [0.1, 0.15) is 0 Å². The molecule has 2 fully saturated rings. The monoisotopic (exact) mass is 416 g/mol. The molecule has 1 N–H and O–H groups in total. The summed E-state index contributed by atoms with van der Waals surface area (Å²) in [5, 5.41) is 2.86. The minimum atomic E-state index is -0.510. The maximum atomic E-state index is 12.9. The highest BCUT2D eigenvalue weighted by Gasteiger charge is 2.27. The lowest BCUT2D eigenvalue weighted by molar-refractivity contribution is -0.134. The van der Waals surface area contributed by atoms with Gasteiger partial charge in [0.15, 0.2) is 0 Å². The fourth-order valence-electron chi connectivity index (χ4n) is 3.44. The van der Waals surface area contributed by atoms with E-state index in [0.29, 0.717) is 57.2 Å². The van der Waals surface area contributed by atoms with Crippen LogP contribution in [0.15, 0.2) is 24.3 Å². The van der Waals surface area contributed by atoms with Crippen LogP contribution >= 0.6 is 0 Å². The fraction of sp³-hybridized carbons (Fsp3) is 0.591. The van der Waals surface area contributed by atoms with E-state index in [1.54, 1.807) is 29.2 Å². The first kappa shape index (κ1) is 22.2. The molecule has 2 aliphatic heterocycles. The molecule has 164 valence electrons. The van der Waals surface area contributed by atoms with Crippen molar-refractivity contribution in [2.24, 2.45) is 5.41 Å². The van der Waals surface area contributed by atoms with Gasteiger partial charge in [-0.15, -0.1) is 0 Å². The summed E-state index contributed by atoms with van der Waals surface area (Å²) in [6, 6.07) is 7.02. The highest BCUT2D eigenvalue weighted by molar-refractivity contribution is 5.98. The van der Waals surface area contributed by atoms with Crippen molar-refractivity contribution in [1.29, 1.82) is 0 Å². The molecule has 2 heterocycles. The third-order valence-electron chi connectivity index (χ3n) is 5.43. The second-order valence-corrected chi connectivity index (χ2v) is 8.85. The van der Waals surface area contributed by atoms with Crippen molar-refractivity contribution in [2.45, 2.75) is 20.8 Å². The zero-order valence-corrected chi connectivity index (χ0v) is 18.1. The number of hydrogen-bond acceptors (Lipinski definition) is 5. The first-order valence-electron chi connectivity index (χ1n) is 10.5. The summed E-state index contributed by atoms with van der Waals surface area (Å²) >= 11 is 0. The van der Waals surface area contributed by atoms with Crippen LogP contribution in [0.5, 0.6) is 0 Å². The molecule has 30 heavy (non-hydrogen) atoms. The van der Waals surface area contributed by atoms with Crippen LogP contribution in [-0.2, 0) is 14.3 Å². The second-order valence-electron chi connectivity index (χ2n) is 8.85. The lowest BCUT2D eigenvalue weighted by atomic mass is 9.95. The Kier molecular flexibility index (Phi) is 7.10. The Labute approximate surface area is 178 Å². The summed E-state index contributed by atoms with van der Waals surface area (Å²) in [6.45, 7) is 10.9. The molecule has 2 saturated heterocycles. The van der Waals surface area contributed by atoms with Gasteiger partial charge in [-0.2, -0.15) is 0 Å². The molecule has 0 radical (unpaired) electrons. The maximum Gasteiger partial charge on any atom is 0.254 e. The van der Waals surface area contributed by atoms with Crippen molar-refractivity contribution in [3.63, 3.8) is 0 Å². The molecule has 3 amide bonds. The Morgan fingerprint density at radius 2 is 1.60 bits per heavy atom. The quantitative estimate of drug-likeness (QED) is 0.800. The van der Waals surface area contributed by atoms with Crippen molar-refractivity contribution >= 4 is 23.4 Å². The lowest BCUT2D eigenvalue weighted by Crippen LogP contribution is -2.53. The maximum absolute atomic E-state index is 12.9. The van der Waals surface area contributed by atoms with Crippen molar-refractivity contribution in [2.75, 3.05) is 64.3 Å². The molecular formula is C22H32N4O4. The van der Waals surface area contributed by atoms with Gasteiger partial charge in [-0.3, -0.25) is 19.3 Å². The molecule has 0 saturated carbocycles. The number of nitrogens with zero attached hydrogens (tertiary/aromatic N) is 3. The summed E-state index contributed by atoms with van der Waals surface area (Å²) in [5.41, 5.74) is 0.638. The summed E-state index contributed by atoms with van der Waals surface area (Å²) in [7, 11) is 0. The van der Waals surface area contributed by atoms with Crippen molar-refractivity contribution in [1.82, 2.24) is 14.7 Å². The van der Waals surface area contributed by atoms with E-state index in [1.807, 2.05) is 25.7 Å². The molecule has 2 aliphatic rings. The van der Waals surface area contributed by atoms with Crippen LogP contribution in [-0.4, -0.2) is 91.4 Å².